The van der Waals surface area contributed by atoms with Crippen LogP contribution in [0.4, 0.5) is 13.2 Å². The Kier molecular flexibility index (Phi) is 9.55. The lowest BCUT2D eigenvalue weighted by molar-refractivity contribution is -0.145. The molecule has 0 heterocycles. The van der Waals surface area contributed by atoms with Gasteiger partial charge in [0.15, 0.2) is 0 Å². The number of alkyl halides is 3. The van der Waals surface area contributed by atoms with E-state index in [1.54, 1.807) is 0 Å². The Hall–Kier alpha value is -0.290. The number of ether oxygens (including phenoxy) is 1. The van der Waals surface area contributed by atoms with Crippen LogP contribution in [0.2, 0.25) is 0 Å². The number of hydrogen-bond donors (Lipinski definition) is 1. The van der Waals surface area contributed by atoms with Crippen molar-refractivity contribution in [2.75, 3.05) is 19.8 Å². The number of rotatable bonds is 10. The Morgan fingerprint density at radius 1 is 1.18 bits per heavy atom. The summed E-state index contributed by atoms with van der Waals surface area (Å²) in [6.07, 6.45) is -0.965. The van der Waals surface area contributed by atoms with E-state index in [0.717, 1.165) is 32.2 Å². The summed E-state index contributed by atoms with van der Waals surface area (Å²) >= 11 is 0. The molecule has 0 amide bonds. The monoisotopic (exact) mass is 255 g/mol. The van der Waals surface area contributed by atoms with Gasteiger partial charge < -0.3 is 10.1 Å². The van der Waals surface area contributed by atoms with Crippen LogP contribution >= 0.6 is 0 Å². The van der Waals surface area contributed by atoms with Gasteiger partial charge in [-0.15, -0.1) is 0 Å². The Balaban J connectivity index is 3.18. The zero-order valence-electron chi connectivity index (χ0n) is 10.8. The van der Waals surface area contributed by atoms with Crippen molar-refractivity contribution in [1.82, 2.24) is 5.32 Å². The largest absolute Gasteiger partial charge is 0.391 e. The lowest BCUT2D eigenvalue weighted by Crippen LogP contribution is -2.26. The van der Waals surface area contributed by atoms with E-state index in [1.165, 1.54) is 0 Å². The maximum Gasteiger partial charge on any atom is 0.391 e. The summed E-state index contributed by atoms with van der Waals surface area (Å²) < 4.78 is 40.2. The van der Waals surface area contributed by atoms with Crippen LogP contribution in [-0.4, -0.2) is 32.0 Å². The van der Waals surface area contributed by atoms with Gasteiger partial charge >= 0.3 is 6.18 Å². The molecule has 0 aromatic rings. The van der Waals surface area contributed by atoms with Crippen molar-refractivity contribution in [1.29, 1.82) is 0 Å². The first kappa shape index (κ1) is 16.7. The van der Waals surface area contributed by atoms with E-state index >= 15 is 0 Å². The van der Waals surface area contributed by atoms with E-state index in [9.17, 15) is 13.2 Å². The summed E-state index contributed by atoms with van der Waals surface area (Å²) in [5.41, 5.74) is 0. The van der Waals surface area contributed by atoms with Gasteiger partial charge in [0.2, 0.25) is 0 Å². The number of unbranched alkanes of at least 4 members (excludes halogenated alkanes) is 1. The smallest absolute Gasteiger partial charge is 0.381 e. The highest BCUT2D eigenvalue weighted by molar-refractivity contribution is 4.59. The van der Waals surface area contributed by atoms with Crippen LogP contribution in [0.1, 0.15) is 46.0 Å². The quantitative estimate of drug-likeness (QED) is 0.603. The number of hydrogen-bond acceptors (Lipinski definition) is 2. The Morgan fingerprint density at radius 3 is 2.47 bits per heavy atom. The molecule has 0 bridgehead atoms. The van der Waals surface area contributed by atoms with Crippen LogP contribution in [0.15, 0.2) is 0 Å². The Labute approximate surface area is 102 Å². The molecule has 17 heavy (non-hydrogen) atoms. The maximum absolute atomic E-state index is 11.8. The number of nitrogens with one attached hydrogen (secondary N) is 1. The first-order valence-electron chi connectivity index (χ1n) is 6.33. The SMILES string of the molecule is CCCNC(C)CCCCOCCC(F)(F)F. The molecule has 0 aliphatic rings. The molecule has 1 unspecified atom stereocenters. The molecule has 0 aromatic heterocycles. The molecule has 0 aliphatic carbocycles. The van der Waals surface area contributed by atoms with Crippen LogP contribution < -0.4 is 5.32 Å². The first-order valence-corrected chi connectivity index (χ1v) is 6.33. The minimum atomic E-state index is -4.10. The molecule has 0 spiro atoms. The number of halogens is 3. The average Bonchev–Trinajstić information content (AvgIpc) is 2.23. The predicted molar refractivity (Wildman–Crippen MR) is 63.1 cm³/mol. The molecular formula is C12H24F3NO. The first-order chi connectivity index (χ1) is 7.95. The predicted octanol–water partition coefficient (Wildman–Crippen LogP) is 3.51. The molecule has 5 heteroatoms. The zero-order valence-corrected chi connectivity index (χ0v) is 10.8. The third kappa shape index (κ3) is 13.6. The highest BCUT2D eigenvalue weighted by Gasteiger charge is 2.26. The molecule has 0 fully saturated rings. The van der Waals surface area contributed by atoms with E-state index in [4.69, 9.17) is 4.74 Å². The molecule has 0 rings (SSSR count). The maximum atomic E-state index is 11.8. The third-order valence-electron chi connectivity index (χ3n) is 2.45. The lowest BCUT2D eigenvalue weighted by Gasteiger charge is -2.12. The van der Waals surface area contributed by atoms with E-state index in [0.29, 0.717) is 12.6 Å². The van der Waals surface area contributed by atoms with Crippen molar-refractivity contribution < 1.29 is 17.9 Å². The Bertz CT molecular complexity index is 174. The van der Waals surface area contributed by atoms with Gasteiger partial charge in [0.25, 0.3) is 0 Å². The van der Waals surface area contributed by atoms with E-state index in [1.807, 2.05) is 0 Å². The second kappa shape index (κ2) is 9.71. The van der Waals surface area contributed by atoms with Crippen molar-refractivity contribution >= 4 is 0 Å². The van der Waals surface area contributed by atoms with Gasteiger partial charge in [-0.1, -0.05) is 6.92 Å². The summed E-state index contributed by atoms with van der Waals surface area (Å²) in [5.74, 6) is 0. The lowest BCUT2D eigenvalue weighted by atomic mass is 10.1. The molecule has 0 aliphatic heterocycles. The van der Waals surface area contributed by atoms with Gasteiger partial charge in [-0.05, 0) is 39.2 Å². The molecule has 2 nitrogen and oxygen atoms in total. The van der Waals surface area contributed by atoms with Crippen molar-refractivity contribution in [3.05, 3.63) is 0 Å². The molecule has 0 radical (unpaired) electrons. The molecular weight excluding hydrogens is 231 g/mol. The van der Waals surface area contributed by atoms with Crippen LogP contribution in [0.3, 0.4) is 0 Å². The average molecular weight is 255 g/mol. The molecule has 0 aromatic carbocycles. The van der Waals surface area contributed by atoms with E-state index in [-0.39, 0.29) is 6.61 Å². The minimum absolute atomic E-state index is 0.215. The molecule has 104 valence electrons. The zero-order chi connectivity index (χ0) is 13.1. The molecule has 1 N–H and O–H groups in total. The van der Waals surface area contributed by atoms with Gasteiger partial charge in [-0.25, -0.2) is 0 Å². The van der Waals surface area contributed by atoms with Gasteiger partial charge in [0.1, 0.15) is 0 Å². The minimum Gasteiger partial charge on any atom is -0.381 e. The van der Waals surface area contributed by atoms with Crippen molar-refractivity contribution in [3.8, 4) is 0 Å². The van der Waals surface area contributed by atoms with Crippen LogP contribution in [0.25, 0.3) is 0 Å². The summed E-state index contributed by atoms with van der Waals surface area (Å²) in [7, 11) is 0. The van der Waals surface area contributed by atoms with Gasteiger partial charge in [-0.2, -0.15) is 13.2 Å². The summed E-state index contributed by atoms with van der Waals surface area (Å²) in [6, 6.07) is 0.477. The van der Waals surface area contributed by atoms with Crippen LogP contribution in [-0.2, 0) is 4.74 Å². The van der Waals surface area contributed by atoms with E-state index < -0.39 is 12.6 Å². The van der Waals surface area contributed by atoms with Crippen LogP contribution in [0, 0.1) is 0 Å². The van der Waals surface area contributed by atoms with Crippen LogP contribution in [0.5, 0.6) is 0 Å². The molecule has 1 atom stereocenters. The van der Waals surface area contributed by atoms with Crippen molar-refractivity contribution in [3.63, 3.8) is 0 Å². The summed E-state index contributed by atoms with van der Waals surface area (Å²) in [5, 5.41) is 3.36. The fourth-order valence-electron chi connectivity index (χ4n) is 1.44. The standard InChI is InChI=1S/C12H24F3NO/c1-3-8-16-11(2)6-4-5-9-17-10-7-12(13,14)15/h11,16H,3-10H2,1-2H3. The second-order valence-electron chi connectivity index (χ2n) is 4.33. The fraction of sp³-hybridized carbons (Fsp3) is 1.00. The summed E-state index contributed by atoms with van der Waals surface area (Å²) in [4.78, 5) is 0. The highest BCUT2D eigenvalue weighted by atomic mass is 19.4. The van der Waals surface area contributed by atoms with Gasteiger partial charge in [0.05, 0.1) is 13.0 Å². The van der Waals surface area contributed by atoms with E-state index in [2.05, 4.69) is 19.2 Å². The fourth-order valence-corrected chi connectivity index (χ4v) is 1.44. The summed E-state index contributed by atoms with van der Waals surface area (Å²) in [6.45, 7) is 5.47. The molecule has 0 saturated carbocycles. The third-order valence-corrected chi connectivity index (χ3v) is 2.45. The molecule has 0 saturated heterocycles. The van der Waals surface area contributed by atoms with Gasteiger partial charge in [-0.3, -0.25) is 0 Å². The van der Waals surface area contributed by atoms with Crippen molar-refractivity contribution in [2.45, 2.75) is 58.2 Å². The van der Waals surface area contributed by atoms with Gasteiger partial charge in [0, 0.05) is 12.6 Å². The highest BCUT2D eigenvalue weighted by Crippen LogP contribution is 2.18. The topological polar surface area (TPSA) is 21.3 Å². The Morgan fingerprint density at radius 2 is 1.88 bits per heavy atom. The van der Waals surface area contributed by atoms with Crippen molar-refractivity contribution in [2.24, 2.45) is 0 Å². The normalized spacial score (nSPS) is 13.9. The second-order valence-corrected chi connectivity index (χ2v) is 4.33.